The van der Waals surface area contributed by atoms with Gasteiger partial charge in [-0.15, -0.1) is 11.3 Å². The van der Waals surface area contributed by atoms with Crippen molar-refractivity contribution in [3.63, 3.8) is 0 Å². The topological polar surface area (TPSA) is 23.8 Å². The zero-order chi connectivity index (χ0) is 16.6. The SMILES string of the molecule is CCc1ccc(-c2sc3c(c2C#N)[C@H](C(C)C)CC[C@H]3C)cc1. The Bertz CT molecular complexity index is 730. The average molecular weight is 324 g/mol. The van der Waals surface area contributed by atoms with Gasteiger partial charge in [0.05, 0.1) is 10.4 Å². The molecule has 0 spiro atoms. The Labute approximate surface area is 144 Å². The van der Waals surface area contributed by atoms with Gasteiger partial charge in [-0.05, 0) is 53.7 Å². The van der Waals surface area contributed by atoms with E-state index in [9.17, 15) is 5.26 Å². The first-order chi connectivity index (χ1) is 11.1. The first-order valence-electron chi connectivity index (χ1n) is 8.72. The van der Waals surface area contributed by atoms with Crippen LogP contribution in [0.4, 0.5) is 0 Å². The van der Waals surface area contributed by atoms with Crippen LogP contribution >= 0.6 is 11.3 Å². The summed E-state index contributed by atoms with van der Waals surface area (Å²) in [7, 11) is 0. The van der Waals surface area contributed by atoms with Crippen molar-refractivity contribution in [2.45, 2.75) is 58.8 Å². The molecule has 2 atom stereocenters. The number of thiophene rings is 1. The largest absolute Gasteiger partial charge is 0.192 e. The Morgan fingerprint density at radius 1 is 1.22 bits per heavy atom. The second kappa shape index (κ2) is 6.49. The van der Waals surface area contributed by atoms with E-state index in [-0.39, 0.29) is 0 Å². The van der Waals surface area contributed by atoms with Crippen molar-refractivity contribution in [1.29, 1.82) is 5.26 Å². The monoisotopic (exact) mass is 323 g/mol. The summed E-state index contributed by atoms with van der Waals surface area (Å²) in [5, 5.41) is 9.87. The molecule has 1 aliphatic rings. The van der Waals surface area contributed by atoms with Crippen molar-refractivity contribution in [1.82, 2.24) is 0 Å². The number of aryl methyl sites for hydroxylation is 1. The number of nitriles is 1. The summed E-state index contributed by atoms with van der Waals surface area (Å²) in [6.07, 6.45) is 3.51. The predicted octanol–water partition coefficient (Wildman–Crippen LogP) is 6.49. The molecule has 1 aliphatic carbocycles. The normalized spacial score (nSPS) is 20.3. The minimum Gasteiger partial charge on any atom is -0.192 e. The summed E-state index contributed by atoms with van der Waals surface area (Å²) in [6.45, 7) is 9.07. The molecule has 0 N–H and O–H groups in total. The highest BCUT2D eigenvalue weighted by molar-refractivity contribution is 7.16. The standard InChI is InChI=1S/C21H25NS/c1-5-15-7-9-16(10-8-15)21-18(12-22)19-17(13(2)3)11-6-14(4)20(19)23-21/h7-10,13-14,17H,5-6,11H2,1-4H3/t14-,17+/m1/s1. The van der Waals surface area contributed by atoms with Crippen LogP contribution < -0.4 is 0 Å². The minimum absolute atomic E-state index is 0.538. The number of hydrogen-bond donors (Lipinski definition) is 0. The second-order valence-corrected chi connectivity index (χ2v) is 8.13. The number of nitrogens with zero attached hydrogens (tertiary/aromatic N) is 1. The molecule has 120 valence electrons. The van der Waals surface area contributed by atoms with Crippen LogP contribution in [0.25, 0.3) is 10.4 Å². The molecule has 1 nitrogen and oxygen atoms in total. The number of fused-ring (bicyclic) bond motifs is 1. The van der Waals surface area contributed by atoms with Gasteiger partial charge in [-0.1, -0.05) is 52.0 Å². The molecule has 0 fully saturated rings. The third-order valence-corrected chi connectivity index (χ3v) is 6.73. The quantitative estimate of drug-likeness (QED) is 0.633. The Morgan fingerprint density at radius 3 is 2.48 bits per heavy atom. The predicted molar refractivity (Wildman–Crippen MR) is 99.1 cm³/mol. The summed E-state index contributed by atoms with van der Waals surface area (Å²) in [5.74, 6) is 1.72. The fourth-order valence-electron chi connectivity index (χ4n) is 3.77. The summed E-state index contributed by atoms with van der Waals surface area (Å²) in [4.78, 5) is 2.64. The summed E-state index contributed by atoms with van der Waals surface area (Å²) >= 11 is 1.86. The molecule has 3 rings (SSSR count). The van der Waals surface area contributed by atoms with Crippen LogP contribution in [0.1, 0.15) is 73.9 Å². The molecule has 0 saturated carbocycles. The van der Waals surface area contributed by atoms with E-state index in [4.69, 9.17) is 0 Å². The Hall–Kier alpha value is -1.59. The lowest BCUT2D eigenvalue weighted by molar-refractivity contribution is 0.414. The van der Waals surface area contributed by atoms with E-state index in [1.165, 1.54) is 39.3 Å². The lowest BCUT2D eigenvalue weighted by Crippen LogP contribution is -2.16. The van der Waals surface area contributed by atoms with E-state index in [0.29, 0.717) is 17.8 Å². The Balaban J connectivity index is 2.15. The van der Waals surface area contributed by atoms with Crippen LogP contribution in [-0.4, -0.2) is 0 Å². The highest BCUT2D eigenvalue weighted by Crippen LogP contribution is 2.50. The zero-order valence-corrected chi connectivity index (χ0v) is 15.3. The number of rotatable bonds is 3. The maximum Gasteiger partial charge on any atom is 0.101 e. The van der Waals surface area contributed by atoms with E-state index < -0.39 is 0 Å². The van der Waals surface area contributed by atoms with Gasteiger partial charge >= 0.3 is 0 Å². The summed E-state index contributed by atoms with van der Waals surface area (Å²) < 4.78 is 0. The molecule has 1 aromatic heterocycles. The van der Waals surface area contributed by atoms with Gasteiger partial charge in [-0.2, -0.15) is 5.26 Å². The van der Waals surface area contributed by atoms with Crippen LogP contribution in [0.5, 0.6) is 0 Å². The van der Waals surface area contributed by atoms with Crippen molar-refractivity contribution in [2.24, 2.45) is 5.92 Å². The lowest BCUT2D eigenvalue weighted by Gasteiger charge is -2.29. The molecule has 0 bridgehead atoms. The van der Waals surface area contributed by atoms with E-state index in [1.54, 1.807) is 0 Å². The van der Waals surface area contributed by atoms with Crippen LogP contribution in [0.2, 0.25) is 0 Å². The summed E-state index contributed by atoms with van der Waals surface area (Å²) in [6, 6.07) is 11.3. The molecule has 2 heteroatoms. The van der Waals surface area contributed by atoms with Crippen LogP contribution in [-0.2, 0) is 6.42 Å². The molecule has 23 heavy (non-hydrogen) atoms. The fourth-order valence-corrected chi connectivity index (χ4v) is 5.19. The molecule has 0 aliphatic heterocycles. The third kappa shape index (κ3) is 2.83. The first-order valence-corrected chi connectivity index (χ1v) is 9.54. The highest BCUT2D eigenvalue weighted by atomic mass is 32.1. The van der Waals surface area contributed by atoms with Gasteiger partial charge in [0.2, 0.25) is 0 Å². The fraction of sp³-hybridized carbons (Fsp3) is 0.476. The molecular formula is C21H25NS. The summed E-state index contributed by atoms with van der Waals surface area (Å²) in [5.41, 5.74) is 4.86. The van der Waals surface area contributed by atoms with Crippen molar-refractivity contribution in [3.05, 3.63) is 45.8 Å². The molecule has 0 unspecified atom stereocenters. The molecule has 0 amide bonds. The highest BCUT2D eigenvalue weighted by Gasteiger charge is 2.33. The Morgan fingerprint density at radius 2 is 1.91 bits per heavy atom. The van der Waals surface area contributed by atoms with Crippen molar-refractivity contribution in [3.8, 4) is 16.5 Å². The van der Waals surface area contributed by atoms with Gasteiger partial charge in [0.25, 0.3) is 0 Å². The number of benzene rings is 1. The Kier molecular flexibility index (Phi) is 4.60. The van der Waals surface area contributed by atoms with Crippen molar-refractivity contribution in [2.75, 3.05) is 0 Å². The maximum absolute atomic E-state index is 9.87. The smallest absolute Gasteiger partial charge is 0.101 e. The molecule has 0 radical (unpaired) electrons. The van der Waals surface area contributed by atoms with E-state index in [1.807, 2.05) is 11.3 Å². The van der Waals surface area contributed by atoms with E-state index >= 15 is 0 Å². The van der Waals surface area contributed by atoms with Crippen LogP contribution in [0.3, 0.4) is 0 Å². The minimum atomic E-state index is 0.538. The molecule has 1 heterocycles. The van der Waals surface area contributed by atoms with Crippen LogP contribution in [0.15, 0.2) is 24.3 Å². The average Bonchev–Trinajstić information content (AvgIpc) is 2.95. The van der Waals surface area contributed by atoms with Crippen LogP contribution in [0, 0.1) is 17.2 Å². The maximum atomic E-state index is 9.87. The van der Waals surface area contributed by atoms with Gasteiger partial charge < -0.3 is 0 Å². The molecular weight excluding hydrogens is 298 g/mol. The van der Waals surface area contributed by atoms with Gasteiger partial charge in [0.1, 0.15) is 6.07 Å². The van der Waals surface area contributed by atoms with E-state index in [2.05, 4.69) is 58.0 Å². The molecule has 0 saturated heterocycles. The van der Waals surface area contributed by atoms with Gasteiger partial charge in [0.15, 0.2) is 0 Å². The lowest BCUT2D eigenvalue weighted by atomic mass is 9.75. The van der Waals surface area contributed by atoms with Crippen molar-refractivity contribution < 1.29 is 0 Å². The van der Waals surface area contributed by atoms with Crippen molar-refractivity contribution >= 4 is 11.3 Å². The molecule has 2 aromatic rings. The van der Waals surface area contributed by atoms with Gasteiger partial charge in [0, 0.05) is 4.88 Å². The van der Waals surface area contributed by atoms with E-state index in [0.717, 1.165) is 12.0 Å². The number of hydrogen-bond acceptors (Lipinski definition) is 2. The third-order valence-electron chi connectivity index (χ3n) is 5.24. The first kappa shape index (κ1) is 16.3. The van der Waals surface area contributed by atoms with Gasteiger partial charge in [-0.25, -0.2) is 0 Å². The second-order valence-electron chi connectivity index (χ2n) is 7.08. The molecule has 1 aromatic carbocycles. The zero-order valence-electron chi connectivity index (χ0n) is 14.5. The van der Waals surface area contributed by atoms with Gasteiger partial charge in [-0.3, -0.25) is 0 Å².